The predicted octanol–water partition coefficient (Wildman–Crippen LogP) is -0.990. The molecule has 0 bridgehead atoms. The Morgan fingerprint density at radius 1 is 1.06 bits per heavy atom. The van der Waals surface area contributed by atoms with Gasteiger partial charge in [0.25, 0.3) is 0 Å². The predicted molar refractivity (Wildman–Crippen MR) is 99.2 cm³/mol. The lowest BCUT2D eigenvalue weighted by molar-refractivity contribution is -0.306. The third kappa shape index (κ3) is 9.75. The van der Waals surface area contributed by atoms with Crippen molar-refractivity contribution < 1.29 is 57.8 Å². The van der Waals surface area contributed by atoms with Crippen molar-refractivity contribution in [1.29, 1.82) is 0 Å². The van der Waals surface area contributed by atoms with Crippen LogP contribution in [0.3, 0.4) is 0 Å². The van der Waals surface area contributed by atoms with E-state index in [4.69, 9.17) is 35.2 Å². The molecule has 1 heterocycles. The molecule has 0 aromatic heterocycles. The van der Waals surface area contributed by atoms with Gasteiger partial charge in [-0.3, -0.25) is 9.59 Å². The van der Waals surface area contributed by atoms with Gasteiger partial charge in [-0.1, -0.05) is 0 Å². The summed E-state index contributed by atoms with van der Waals surface area (Å²) in [5.41, 5.74) is 0. The van der Waals surface area contributed by atoms with Crippen LogP contribution >= 0.6 is 0 Å². The Kier molecular flexibility index (Phi) is 11.5. The number of unbranched alkanes of at least 4 members (excludes halogenated alkanes) is 1. The van der Waals surface area contributed by atoms with Crippen LogP contribution in [0, 0.1) is 12.3 Å². The van der Waals surface area contributed by atoms with Crippen molar-refractivity contribution in [3.63, 3.8) is 0 Å². The number of terminal acetylenes is 1. The summed E-state index contributed by atoms with van der Waals surface area (Å²) < 4.78 is 30.9. The van der Waals surface area contributed by atoms with Gasteiger partial charge in [-0.15, -0.1) is 12.3 Å². The number of carboxylic acids is 1. The van der Waals surface area contributed by atoms with Crippen LogP contribution in [0.2, 0.25) is 0 Å². The molecule has 31 heavy (non-hydrogen) atoms. The molecule has 2 N–H and O–H groups in total. The Morgan fingerprint density at radius 3 is 2.29 bits per heavy atom. The van der Waals surface area contributed by atoms with Crippen molar-refractivity contribution in [3.8, 4) is 12.3 Å². The summed E-state index contributed by atoms with van der Waals surface area (Å²) in [5.74, 6) is -1.22. The zero-order chi connectivity index (χ0) is 23.4. The molecule has 1 saturated heterocycles. The van der Waals surface area contributed by atoms with E-state index in [0.717, 1.165) is 13.8 Å². The van der Waals surface area contributed by atoms with E-state index < -0.39 is 74.4 Å². The van der Waals surface area contributed by atoms with Crippen LogP contribution in [0.5, 0.6) is 0 Å². The van der Waals surface area contributed by atoms with Gasteiger partial charge in [-0.05, 0) is 6.42 Å². The zero-order valence-electron chi connectivity index (χ0n) is 17.2. The fourth-order valence-electron chi connectivity index (χ4n) is 2.62. The van der Waals surface area contributed by atoms with Crippen molar-refractivity contribution in [2.75, 3.05) is 26.4 Å². The van der Waals surface area contributed by atoms with Crippen LogP contribution in [-0.4, -0.2) is 91.2 Å². The third-order valence-corrected chi connectivity index (χ3v) is 3.82. The summed E-state index contributed by atoms with van der Waals surface area (Å²) in [4.78, 5) is 45.1. The maximum Gasteiger partial charge on any atom is 0.332 e. The molecule has 1 fully saturated rings. The van der Waals surface area contributed by atoms with Gasteiger partial charge in [0, 0.05) is 20.3 Å². The van der Waals surface area contributed by atoms with Crippen LogP contribution < -0.4 is 0 Å². The molecule has 12 heteroatoms. The van der Waals surface area contributed by atoms with Gasteiger partial charge in [-0.2, -0.15) is 0 Å². The number of esters is 3. The van der Waals surface area contributed by atoms with E-state index in [-0.39, 0.29) is 6.61 Å². The monoisotopic (exact) mass is 446 g/mol. The first-order valence-corrected chi connectivity index (χ1v) is 9.33. The van der Waals surface area contributed by atoms with E-state index in [0.29, 0.717) is 12.8 Å². The Labute approximate surface area is 178 Å². The quantitative estimate of drug-likeness (QED) is 0.163. The summed E-state index contributed by atoms with van der Waals surface area (Å²) in [6.45, 7) is 0.521. The van der Waals surface area contributed by atoms with E-state index in [1.165, 1.54) is 0 Å². The van der Waals surface area contributed by atoms with E-state index in [1.807, 2.05) is 0 Å². The number of rotatable bonds is 12. The number of carbonyl (C=O) groups excluding carboxylic acids is 3. The fraction of sp³-hybridized carbons (Fsp3) is 0.684. The molecule has 0 aromatic carbocycles. The minimum Gasteiger partial charge on any atom is -0.480 e. The minimum atomic E-state index is -1.54. The zero-order valence-corrected chi connectivity index (χ0v) is 17.2. The molecule has 5 atom stereocenters. The molecule has 0 spiro atoms. The highest BCUT2D eigenvalue weighted by Gasteiger charge is 2.50. The first-order chi connectivity index (χ1) is 14.6. The average molecular weight is 446 g/mol. The standard InChI is InChI=1S/C19H26O12/c1-4-5-6-7-27-19-18(30-12(3)21)17(29-11(2)20)16(25)13(31-19)8-28-15(24)10-26-9-14(22)23/h1,13,16-19,25H,5-10H2,2-3H3,(H,22,23)/t13?,16-,17?,18?,19-/m1/s1. The molecular formula is C19H26O12. The highest BCUT2D eigenvalue weighted by Crippen LogP contribution is 2.27. The summed E-state index contributed by atoms with van der Waals surface area (Å²) in [7, 11) is 0. The molecule has 0 saturated carbocycles. The van der Waals surface area contributed by atoms with Crippen molar-refractivity contribution in [2.45, 2.75) is 57.4 Å². The number of hydrogen-bond donors (Lipinski definition) is 2. The number of aliphatic hydroxyl groups is 1. The Bertz CT molecular complexity index is 669. The summed E-state index contributed by atoms with van der Waals surface area (Å²) in [6, 6.07) is 0. The molecule has 0 amide bonds. The van der Waals surface area contributed by atoms with Crippen LogP contribution in [0.25, 0.3) is 0 Å². The molecule has 12 nitrogen and oxygen atoms in total. The maximum absolute atomic E-state index is 11.7. The van der Waals surface area contributed by atoms with Gasteiger partial charge in [0.05, 0.1) is 6.61 Å². The van der Waals surface area contributed by atoms with Gasteiger partial charge < -0.3 is 38.6 Å². The van der Waals surface area contributed by atoms with E-state index in [2.05, 4.69) is 10.7 Å². The Balaban J connectivity index is 2.86. The lowest BCUT2D eigenvalue weighted by Gasteiger charge is -2.42. The Morgan fingerprint density at radius 2 is 1.71 bits per heavy atom. The SMILES string of the molecule is C#CCCCO[C@@H]1OC(COC(=O)COCC(=O)O)[C@@H](O)C(OC(C)=O)C1OC(C)=O. The second-order valence-electron chi connectivity index (χ2n) is 6.43. The second-order valence-corrected chi connectivity index (χ2v) is 6.43. The van der Waals surface area contributed by atoms with Crippen LogP contribution in [0.1, 0.15) is 26.7 Å². The third-order valence-electron chi connectivity index (χ3n) is 3.82. The molecule has 1 aliphatic rings. The van der Waals surface area contributed by atoms with Gasteiger partial charge >= 0.3 is 23.9 Å². The normalized spacial score (nSPS) is 25.2. The first kappa shape index (κ1) is 26.3. The summed E-state index contributed by atoms with van der Waals surface area (Å²) in [5, 5.41) is 19.1. The van der Waals surface area contributed by atoms with E-state index >= 15 is 0 Å². The minimum absolute atomic E-state index is 0.116. The molecule has 1 rings (SSSR count). The van der Waals surface area contributed by atoms with E-state index in [1.54, 1.807) is 0 Å². The molecule has 0 aliphatic carbocycles. The smallest absolute Gasteiger partial charge is 0.332 e. The van der Waals surface area contributed by atoms with Gasteiger partial charge in [0.15, 0.2) is 18.5 Å². The molecule has 174 valence electrons. The maximum atomic E-state index is 11.7. The van der Waals surface area contributed by atoms with Gasteiger partial charge in [-0.25, -0.2) is 9.59 Å². The van der Waals surface area contributed by atoms with Gasteiger partial charge in [0.1, 0.15) is 32.0 Å². The average Bonchev–Trinajstić information content (AvgIpc) is 2.67. The van der Waals surface area contributed by atoms with Crippen molar-refractivity contribution >= 4 is 23.9 Å². The number of aliphatic carboxylic acids is 1. The number of aliphatic hydroxyl groups excluding tert-OH is 1. The summed E-state index contributed by atoms with van der Waals surface area (Å²) in [6.07, 6.45) is -0.574. The first-order valence-electron chi connectivity index (χ1n) is 9.33. The van der Waals surface area contributed by atoms with Crippen LogP contribution in [0.15, 0.2) is 0 Å². The highest BCUT2D eigenvalue weighted by molar-refractivity contribution is 5.72. The topological polar surface area (TPSA) is 164 Å². The number of ether oxygens (including phenoxy) is 6. The molecular weight excluding hydrogens is 420 g/mol. The molecule has 0 radical (unpaired) electrons. The van der Waals surface area contributed by atoms with Gasteiger partial charge in [0.2, 0.25) is 0 Å². The number of hydrogen-bond acceptors (Lipinski definition) is 11. The number of carbonyl (C=O) groups is 4. The lowest BCUT2D eigenvalue weighted by atomic mass is 9.98. The molecule has 0 aromatic rings. The molecule has 1 aliphatic heterocycles. The second kappa shape index (κ2) is 13.6. The molecule has 3 unspecified atom stereocenters. The largest absolute Gasteiger partial charge is 0.480 e. The fourth-order valence-corrected chi connectivity index (χ4v) is 2.62. The van der Waals surface area contributed by atoms with Crippen LogP contribution in [0.4, 0.5) is 0 Å². The lowest BCUT2D eigenvalue weighted by Crippen LogP contribution is -2.61. The van der Waals surface area contributed by atoms with E-state index in [9.17, 15) is 24.3 Å². The Hall–Kier alpha value is -2.72. The number of carboxylic acid groups (broad SMARTS) is 1. The van der Waals surface area contributed by atoms with Crippen molar-refractivity contribution in [2.24, 2.45) is 0 Å². The van der Waals surface area contributed by atoms with Crippen molar-refractivity contribution in [3.05, 3.63) is 0 Å². The van der Waals surface area contributed by atoms with Crippen molar-refractivity contribution in [1.82, 2.24) is 0 Å². The van der Waals surface area contributed by atoms with Crippen LogP contribution in [-0.2, 0) is 47.6 Å². The highest BCUT2D eigenvalue weighted by atomic mass is 16.7. The summed E-state index contributed by atoms with van der Waals surface area (Å²) >= 11 is 0.